The third-order valence-corrected chi connectivity index (χ3v) is 6.81. The molecule has 0 aliphatic carbocycles. The molecule has 2 rings (SSSR count). The highest BCUT2D eigenvalue weighted by molar-refractivity contribution is 5.94. The predicted molar refractivity (Wildman–Crippen MR) is 137 cm³/mol. The van der Waals surface area contributed by atoms with Crippen LogP contribution in [0.1, 0.15) is 57.9 Å². The molecule has 3 amide bonds. The lowest BCUT2D eigenvalue weighted by molar-refractivity contribution is -0.149. The van der Waals surface area contributed by atoms with Crippen LogP contribution in [0.4, 0.5) is 0 Å². The van der Waals surface area contributed by atoms with Crippen LogP contribution in [0.2, 0.25) is 0 Å². The molecule has 1 fully saturated rings. The van der Waals surface area contributed by atoms with Gasteiger partial charge in [0.2, 0.25) is 17.7 Å². The average Bonchev–Trinajstić information content (AvgIpc) is 3.36. The van der Waals surface area contributed by atoms with Gasteiger partial charge in [0.05, 0.1) is 6.04 Å². The molecule has 1 aliphatic rings. The van der Waals surface area contributed by atoms with E-state index in [0.717, 1.165) is 5.56 Å². The second-order valence-corrected chi connectivity index (χ2v) is 9.54. The lowest BCUT2D eigenvalue weighted by Crippen LogP contribution is -2.58. The lowest BCUT2D eigenvalue weighted by atomic mass is 9.96. The van der Waals surface area contributed by atoms with E-state index in [-0.39, 0.29) is 5.92 Å². The molecule has 1 aromatic rings. The number of nitrogens with two attached hydrogens (primary N) is 2. The number of carbonyl (C=O) groups excluding carboxylic acids is 3. The van der Waals surface area contributed by atoms with E-state index in [1.807, 2.05) is 44.2 Å². The summed E-state index contributed by atoms with van der Waals surface area (Å²) in [4.78, 5) is 52.5. The van der Waals surface area contributed by atoms with Gasteiger partial charge in [-0.3, -0.25) is 14.4 Å². The van der Waals surface area contributed by atoms with Crippen molar-refractivity contribution in [2.75, 3.05) is 13.1 Å². The summed E-state index contributed by atoms with van der Waals surface area (Å²) in [6.45, 7) is 4.53. The number of benzene rings is 1. The van der Waals surface area contributed by atoms with Crippen molar-refractivity contribution >= 4 is 23.7 Å². The first kappa shape index (κ1) is 29.3. The normalized spacial score (nSPS) is 18.7. The zero-order valence-corrected chi connectivity index (χ0v) is 21.3. The smallest absolute Gasteiger partial charge is 0.326 e. The summed E-state index contributed by atoms with van der Waals surface area (Å²) in [7, 11) is 0. The number of hydrogen-bond acceptors (Lipinski definition) is 6. The molecular weight excluding hydrogens is 462 g/mol. The number of amides is 3. The third-order valence-electron chi connectivity index (χ3n) is 6.81. The number of carbonyl (C=O) groups is 4. The van der Waals surface area contributed by atoms with Gasteiger partial charge in [-0.25, -0.2) is 4.79 Å². The monoisotopic (exact) mass is 503 g/mol. The van der Waals surface area contributed by atoms with Gasteiger partial charge in [0.15, 0.2) is 0 Å². The van der Waals surface area contributed by atoms with E-state index in [4.69, 9.17) is 11.5 Å². The Morgan fingerprint density at radius 2 is 1.81 bits per heavy atom. The Labute approximate surface area is 213 Å². The highest BCUT2D eigenvalue weighted by Gasteiger charge is 2.38. The molecule has 0 bridgehead atoms. The van der Waals surface area contributed by atoms with Gasteiger partial charge in [0.25, 0.3) is 0 Å². The summed E-state index contributed by atoms with van der Waals surface area (Å²) in [5.74, 6) is -2.61. The molecule has 1 aromatic carbocycles. The van der Waals surface area contributed by atoms with Gasteiger partial charge in [-0.2, -0.15) is 0 Å². The number of aliphatic carboxylic acids is 1. The maximum Gasteiger partial charge on any atom is 0.326 e. The van der Waals surface area contributed by atoms with E-state index in [2.05, 4.69) is 10.6 Å². The predicted octanol–water partition coefficient (Wildman–Crippen LogP) is 0.777. The summed E-state index contributed by atoms with van der Waals surface area (Å²) in [6, 6.07) is 5.86. The Hall–Kier alpha value is -2.98. The quantitative estimate of drug-likeness (QED) is 0.234. The van der Waals surface area contributed by atoms with Gasteiger partial charge in [-0.15, -0.1) is 0 Å². The zero-order chi connectivity index (χ0) is 26.7. The summed E-state index contributed by atoms with van der Waals surface area (Å²) in [5, 5.41) is 15.1. The van der Waals surface area contributed by atoms with Gasteiger partial charge in [0, 0.05) is 6.54 Å². The van der Waals surface area contributed by atoms with Crippen molar-refractivity contribution in [3.63, 3.8) is 0 Å². The largest absolute Gasteiger partial charge is 0.480 e. The number of likely N-dealkylation sites (tertiary alicyclic amines) is 1. The Bertz CT molecular complexity index is 881. The first-order valence-corrected chi connectivity index (χ1v) is 12.8. The average molecular weight is 504 g/mol. The van der Waals surface area contributed by atoms with Crippen LogP contribution in [-0.2, 0) is 25.6 Å². The molecule has 0 saturated carbocycles. The van der Waals surface area contributed by atoms with Gasteiger partial charge in [-0.05, 0) is 56.6 Å². The second kappa shape index (κ2) is 14.5. The van der Waals surface area contributed by atoms with Crippen LogP contribution < -0.4 is 22.1 Å². The number of nitrogens with zero attached hydrogens (tertiary/aromatic N) is 1. The van der Waals surface area contributed by atoms with E-state index in [9.17, 15) is 24.3 Å². The Morgan fingerprint density at radius 3 is 2.42 bits per heavy atom. The minimum Gasteiger partial charge on any atom is -0.480 e. The fourth-order valence-electron chi connectivity index (χ4n) is 4.42. The van der Waals surface area contributed by atoms with Crippen molar-refractivity contribution in [3.05, 3.63) is 35.9 Å². The molecule has 1 saturated heterocycles. The summed E-state index contributed by atoms with van der Waals surface area (Å²) in [6.07, 6.45) is 3.52. The van der Waals surface area contributed by atoms with E-state index in [1.165, 1.54) is 4.90 Å². The first-order chi connectivity index (χ1) is 17.2. The van der Waals surface area contributed by atoms with Crippen LogP contribution in [-0.4, -0.2) is 71.0 Å². The highest BCUT2D eigenvalue weighted by atomic mass is 16.4. The number of unbranched alkanes of at least 4 members (excludes halogenated alkanes) is 1. The zero-order valence-electron chi connectivity index (χ0n) is 21.3. The van der Waals surface area contributed by atoms with Crippen LogP contribution in [0.15, 0.2) is 30.3 Å². The van der Waals surface area contributed by atoms with Gasteiger partial charge in [0.1, 0.15) is 18.1 Å². The van der Waals surface area contributed by atoms with Crippen molar-refractivity contribution in [3.8, 4) is 0 Å². The van der Waals surface area contributed by atoms with E-state index in [0.29, 0.717) is 58.0 Å². The van der Waals surface area contributed by atoms with Crippen molar-refractivity contribution < 1.29 is 24.3 Å². The van der Waals surface area contributed by atoms with Crippen LogP contribution in [0.3, 0.4) is 0 Å². The maximum atomic E-state index is 13.4. The first-order valence-electron chi connectivity index (χ1n) is 12.8. The number of rotatable bonds is 14. The minimum atomic E-state index is -1.05. The molecule has 36 heavy (non-hydrogen) atoms. The highest BCUT2D eigenvalue weighted by Crippen LogP contribution is 2.20. The molecule has 0 aromatic heterocycles. The molecule has 0 spiro atoms. The molecule has 200 valence electrons. The molecular formula is C26H41N5O5. The topological polar surface area (TPSA) is 168 Å². The fourth-order valence-corrected chi connectivity index (χ4v) is 4.42. The molecule has 7 N–H and O–H groups in total. The van der Waals surface area contributed by atoms with Crippen LogP contribution in [0, 0.1) is 5.92 Å². The summed E-state index contributed by atoms with van der Waals surface area (Å²) < 4.78 is 0. The molecule has 5 unspecified atom stereocenters. The van der Waals surface area contributed by atoms with Crippen molar-refractivity contribution in [2.24, 2.45) is 17.4 Å². The minimum absolute atomic E-state index is 0.212. The number of nitrogens with one attached hydrogen (secondary N) is 2. The lowest BCUT2D eigenvalue weighted by Gasteiger charge is -2.30. The van der Waals surface area contributed by atoms with E-state index < -0.39 is 47.9 Å². The molecule has 1 aliphatic heterocycles. The van der Waals surface area contributed by atoms with Crippen molar-refractivity contribution in [2.45, 2.75) is 83.0 Å². The van der Waals surface area contributed by atoms with Crippen molar-refractivity contribution in [1.82, 2.24) is 15.5 Å². The number of hydrogen-bond donors (Lipinski definition) is 5. The van der Waals surface area contributed by atoms with Gasteiger partial charge < -0.3 is 32.1 Å². The molecule has 10 heteroatoms. The fraction of sp³-hybridized carbons (Fsp3) is 0.615. The standard InChI is InChI=1S/C26H41N5O5/c1-3-17(2)22(30-23(32)19(28)16-18-10-5-4-6-11-18)24(33)29-20(12-7-8-14-27)25(34)31-15-9-13-21(31)26(35)36/h4-6,10-11,17,19-22H,3,7-9,12-16,27-28H2,1-2H3,(H,29,33)(H,30,32)(H,35,36). The number of carboxylic acids is 1. The van der Waals surface area contributed by atoms with E-state index >= 15 is 0 Å². The van der Waals surface area contributed by atoms with E-state index in [1.54, 1.807) is 0 Å². The van der Waals surface area contributed by atoms with Crippen molar-refractivity contribution in [1.29, 1.82) is 0 Å². The van der Waals surface area contributed by atoms with Crippen LogP contribution >= 0.6 is 0 Å². The summed E-state index contributed by atoms with van der Waals surface area (Å²) in [5.41, 5.74) is 12.6. The molecule has 0 radical (unpaired) electrons. The Morgan fingerprint density at radius 1 is 1.11 bits per heavy atom. The van der Waals surface area contributed by atoms with Gasteiger partial charge >= 0.3 is 5.97 Å². The SMILES string of the molecule is CCC(C)C(NC(=O)C(N)Cc1ccccc1)C(=O)NC(CCCCN)C(=O)N1CCCC1C(=O)O. The third kappa shape index (κ3) is 8.30. The number of carboxylic acid groups (broad SMARTS) is 1. The van der Waals surface area contributed by atoms with Gasteiger partial charge in [-0.1, -0.05) is 50.6 Å². The van der Waals surface area contributed by atoms with Crippen LogP contribution in [0.25, 0.3) is 0 Å². The molecule has 5 atom stereocenters. The Kier molecular flexibility index (Phi) is 11.8. The molecule has 10 nitrogen and oxygen atoms in total. The molecule has 1 heterocycles. The maximum absolute atomic E-state index is 13.4. The Balaban J connectivity index is 2.13. The summed E-state index contributed by atoms with van der Waals surface area (Å²) >= 11 is 0. The second-order valence-electron chi connectivity index (χ2n) is 9.54. The van der Waals surface area contributed by atoms with Crippen LogP contribution in [0.5, 0.6) is 0 Å².